The van der Waals surface area contributed by atoms with Crippen LogP contribution in [0.25, 0.3) is 0 Å². The summed E-state index contributed by atoms with van der Waals surface area (Å²) in [6, 6.07) is 4.17. The fourth-order valence-corrected chi connectivity index (χ4v) is 3.08. The molecule has 8 heteroatoms. The van der Waals surface area contributed by atoms with E-state index in [-0.39, 0.29) is 22.8 Å². The lowest BCUT2D eigenvalue weighted by molar-refractivity contribution is 0.585. The molecule has 2 N–H and O–H groups in total. The Bertz CT molecular complexity index is 756. The lowest BCUT2D eigenvalue weighted by Gasteiger charge is -2.10. The second-order valence-electron chi connectivity index (χ2n) is 4.72. The predicted octanol–water partition coefficient (Wildman–Crippen LogP) is 1.39. The van der Waals surface area contributed by atoms with Crippen LogP contribution in [0.4, 0.5) is 10.2 Å². The fourth-order valence-electron chi connectivity index (χ4n) is 1.95. The Morgan fingerprint density at radius 2 is 2.10 bits per heavy atom. The first kappa shape index (κ1) is 15.5. The van der Waals surface area contributed by atoms with Crippen molar-refractivity contribution in [2.45, 2.75) is 18.4 Å². The maximum absolute atomic E-state index is 13.9. The number of halogens is 1. The second kappa shape index (κ2) is 5.82. The molecule has 0 aliphatic heterocycles. The molecule has 0 unspecified atom stereocenters. The van der Waals surface area contributed by atoms with Crippen LogP contribution in [0.1, 0.15) is 11.1 Å². The van der Waals surface area contributed by atoms with Crippen molar-refractivity contribution in [1.82, 2.24) is 15.1 Å². The normalized spacial score (nSPS) is 11.6. The van der Waals surface area contributed by atoms with Gasteiger partial charge >= 0.3 is 0 Å². The summed E-state index contributed by atoms with van der Waals surface area (Å²) in [6.07, 6.45) is 1.63. The first-order valence-electron chi connectivity index (χ1n) is 6.29. The Balaban J connectivity index is 2.40. The van der Waals surface area contributed by atoms with E-state index in [1.807, 2.05) is 0 Å². The van der Waals surface area contributed by atoms with Crippen LogP contribution in [0.5, 0.6) is 0 Å². The summed E-state index contributed by atoms with van der Waals surface area (Å²) in [5, 5.41) is 6.77. The van der Waals surface area contributed by atoms with Gasteiger partial charge < -0.3 is 5.32 Å². The Labute approximate surface area is 123 Å². The smallest absolute Gasteiger partial charge is 0.263 e. The van der Waals surface area contributed by atoms with Gasteiger partial charge in [0.1, 0.15) is 5.82 Å². The van der Waals surface area contributed by atoms with Gasteiger partial charge in [0.2, 0.25) is 0 Å². The molecule has 2 rings (SSSR count). The van der Waals surface area contributed by atoms with Crippen molar-refractivity contribution in [2.75, 3.05) is 11.8 Å². The molecule has 0 amide bonds. The van der Waals surface area contributed by atoms with Gasteiger partial charge in [-0.25, -0.2) is 12.8 Å². The molecule has 1 aromatic heterocycles. The zero-order valence-electron chi connectivity index (χ0n) is 12.0. The van der Waals surface area contributed by atoms with Crippen LogP contribution in [-0.4, -0.2) is 25.2 Å². The number of anilines is 1. The van der Waals surface area contributed by atoms with E-state index in [4.69, 9.17) is 0 Å². The molecule has 6 nitrogen and oxygen atoms in total. The summed E-state index contributed by atoms with van der Waals surface area (Å²) < 4.78 is 42.4. The van der Waals surface area contributed by atoms with Crippen molar-refractivity contribution in [1.29, 1.82) is 0 Å². The van der Waals surface area contributed by atoms with E-state index in [2.05, 4.69) is 15.1 Å². The average Bonchev–Trinajstić information content (AvgIpc) is 2.79. The van der Waals surface area contributed by atoms with Crippen molar-refractivity contribution in [3.05, 3.63) is 41.3 Å². The van der Waals surface area contributed by atoms with Crippen LogP contribution in [0.3, 0.4) is 0 Å². The third kappa shape index (κ3) is 3.40. The van der Waals surface area contributed by atoms with E-state index in [1.165, 1.54) is 23.7 Å². The molecule has 0 fully saturated rings. The first-order chi connectivity index (χ1) is 9.83. The largest absolute Gasteiger partial charge is 0.316 e. The maximum Gasteiger partial charge on any atom is 0.263 e. The minimum absolute atomic E-state index is 0.0114. The Morgan fingerprint density at radius 1 is 1.38 bits per heavy atom. The van der Waals surface area contributed by atoms with Crippen LogP contribution in [0.15, 0.2) is 29.3 Å². The third-order valence-electron chi connectivity index (χ3n) is 2.93. The number of aryl methyl sites for hydroxylation is 2. The van der Waals surface area contributed by atoms with Crippen molar-refractivity contribution in [2.24, 2.45) is 7.05 Å². The zero-order valence-corrected chi connectivity index (χ0v) is 12.8. The molecule has 114 valence electrons. The summed E-state index contributed by atoms with van der Waals surface area (Å²) in [5.74, 6) is -0.184. The van der Waals surface area contributed by atoms with Crippen molar-refractivity contribution >= 4 is 15.8 Å². The van der Waals surface area contributed by atoms with Crippen molar-refractivity contribution < 1.29 is 12.8 Å². The van der Waals surface area contributed by atoms with Gasteiger partial charge in [0.25, 0.3) is 10.0 Å². The number of benzene rings is 1. The van der Waals surface area contributed by atoms with Gasteiger partial charge in [0.05, 0.1) is 4.90 Å². The topological polar surface area (TPSA) is 76.0 Å². The monoisotopic (exact) mass is 312 g/mol. The standard InChI is InChI=1S/C13H17FN4O2S/c1-9-6-11(7-10(8-15-2)13(9)14)21(19,20)17-12-4-5-18(3)16-12/h4-7,15H,8H2,1-3H3,(H,16,17). The van der Waals surface area contributed by atoms with Gasteiger partial charge in [0.15, 0.2) is 5.82 Å². The Kier molecular flexibility index (Phi) is 4.29. The molecule has 21 heavy (non-hydrogen) atoms. The quantitative estimate of drug-likeness (QED) is 0.875. The number of hydrogen-bond acceptors (Lipinski definition) is 4. The summed E-state index contributed by atoms with van der Waals surface area (Å²) in [4.78, 5) is 0.0114. The molecule has 0 aliphatic rings. The molecule has 0 saturated heterocycles. The van der Waals surface area contributed by atoms with Gasteiger partial charge in [-0.3, -0.25) is 9.40 Å². The molecular formula is C13H17FN4O2S. The molecule has 0 aliphatic carbocycles. The van der Waals surface area contributed by atoms with Crippen LogP contribution in [0.2, 0.25) is 0 Å². The lowest BCUT2D eigenvalue weighted by Crippen LogP contribution is -2.16. The van der Waals surface area contributed by atoms with Gasteiger partial charge in [-0.05, 0) is 31.7 Å². The molecule has 1 aromatic carbocycles. The lowest BCUT2D eigenvalue weighted by atomic mass is 10.1. The zero-order chi connectivity index (χ0) is 15.6. The highest BCUT2D eigenvalue weighted by Crippen LogP contribution is 2.21. The highest BCUT2D eigenvalue weighted by atomic mass is 32.2. The minimum atomic E-state index is -3.80. The number of aromatic nitrogens is 2. The van der Waals surface area contributed by atoms with E-state index >= 15 is 0 Å². The van der Waals surface area contributed by atoms with Crippen LogP contribution in [-0.2, 0) is 23.6 Å². The van der Waals surface area contributed by atoms with E-state index in [9.17, 15) is 12.8 Å². The molecule has 0 bridgehead atoms. The maximum atomic E-state index is 13.9. The van der Waals surface area contributed by atoms with Crippen molar-refractivity contribution in [3.8, 4) is 0 Å². The highest BCUT2D eigenvalue weighted by molar-refractivity contribution is 7.92. The molecule has 0 radical (unpaired) electrons. The van der Waals surface area contributed by atoms with Gasteiger partial charge in [-0.15, -0.1) is 0 Å². The summed E-state index contributed by atoms with van der Waals surface area (Å²) >= 11 is 0. The molecule has 2 aromatic rings. The van der Waals surface area contributed by atoms with E-state index in [1.54, 1.807) is 26.4 Å². The average molecular weight is 312 g/mol. The molecular weight excluding hydrogens is 295 g/mol. The molecule has 0 saturated carbocycles. The van der Waals surface area contributed by atoms with Gasteiger partial charge in [-0.2, -0.15) is 5.10 Å². The van der Waals surface area contributed by atoms with Crippen LogP contribution >= 0.6 is 0 Å². The van der Waals surface area contributed by atoms with E-state index < -0.39 is 15.8 Å². The summed E-state index contributed by atoms with van der Waals surface area (Å²) in [5.41, 5.74) is 0.586. The second-order valence-corrected chi connectivity index (χ2v) is 6.41. The predicted molar refractivity (Wildman–Crippen MR) is 77.9 cm³/mol. The number of nitrogens with zero attached hydrogens (tertiary/aromatic N) is 2. The fraction of sp³-hybridized carbons (Fsp3) is 0.308. The Hall–Kier alpha value is -1.93. The van der Waals surface area contributed by atoms with Crippen LogP contribution < -0.4 is 10.0 Å². The first-order valence-corrected chi connectivity index (χ1v) is 7.78. The summed E-state index contributed by atoms with van der Waals surface area (Å²) in [7, 11) is -0.446. The number of sulfonamides is 1. The number of nitrogens with one attached hydrogen (secondary N) is 2. The molecule has 1 heterocycles. The number of hydrogen-bond donors (Lipinski definition) is 2. The highest BCUT2D eigenvalue weighted by Gasteiger charge is 2.19. The van der Waals surface area contributed by atoms with Gasteiger partial charge in [-0.1, -0.05) is 0 Å². The minimum Gasteiger partial charge on any atom is -0.316 e. The Morgan fingerprint density at radius 3 is 2.67 bits per heavy atom. The van der Waals surface area contributed by atoms with E-state index in [0.717, 1.165) is 0 Å². The summed E-state index contributed by atoms with van der Waals surface area (Å²) in [6.45, 7) is 1.79. The number of rotatable bonds is 5. The van der Waals surface area contributed by atoms with E-state index in [0.29, 0.717) is 5.56 Å². The van der Waals surface area contributed by atoms with Gasteiger partial charge in [0, 0.05) is 31.4 Å². The SMILES string of the molecule is CNCc1cc(S(=O)(=O)Nc2ccn(C)n2)cc(C)c1F. The van der Waals surface area contributed by atoms with Crippen molar-refractivity contribution in [3.63, 3.8) is 0 Å². The van der Waals surface area contributed by atoms with Crippen LogP contribution in [0, 0.1) is 12.7 Å². The third-order valence-corrected chi connectivity index (χ3v) is 4.27. The molecule has 0 spiro atoms. The molecule has 0 atom stereocenters.